The van der Waals surface area contributed by atoms with Crippen LogP contribution in [-0.2, 0) is 28.6 Å². The van der Waals surface area contributed by atoms with Crippen LogP contribution in [0.1, 0.15) is 128 Å². The van der Waals surface area contributed by atoms with Crippen LogP contribution in [0.5, 0.6) is 0 Å². The van der Waals surface area contributed by atoms with Crippen LogP contribution in [0.3, 0.4) is 0 Å². The average Bonchev–Trinajstić information content (AvgIpc) is 3.19. The molecule has 0 amide bonds. The number of Topliss-reactive ketones (excluding diaryl/α,β-unsaturated/α-hetero) is 2. The molecule has 326 valence electrons. The van der Waals surface area contributed by atoms with Gasteiger partial charge in [0.1, 0.15) is 17.5 Å². The number of carbonyl (C=O) groups excluding carboxylic acids is 3. The Labute approximate surface area is 342 Å². The van der Waals surface area contributed by atoms with Crippen molar-refractivity contribution in [3.63, 3.8) is 0 Å². The molecule has 11 nitrogen and oxygen atoms in total. The van der Waals surface area contributed by atoms with Crippen LogP contribution in [-0.4, -0.2) is 97.2 Å². The lowest BCUT2D eigenvalue weighted by Gasteiger charge is -2.55. The Morgan fingerprint density at radius 1 is 0.825 bits per heavy atom. The van der Waals surface area contributed by atoms with E-state index in [1.165, 1.54) is 39.8 Å². The second-order valence-electron chi connectivity index (χ2n) is 18.2. The summed E-state index contributed by atoms with van der Waals surface area (Å²) in [6.07, 6.45) is 10.3. The van der Waals surface area contributed by atoms with Gasteiger partial charge >= 0.3 is 5.97 Å². The van der Waals surface area contributed by atoms with E-state index < -0.39 is 89.0 Å². The molecule has 0 aliphatic carbocycles. The molecule has 0 aromatic carbocycles. The summed E-state index contributed by atoms with van der Waals surface area (Å²) in [7, 11) is 0. The molecule has 2 bridgehead atoms. The minimum Gasteiger partial charge on any atom is -0.458 e. The maximum absolute atomic E-state index is 13.6. The van der Waals surface area contributed by atoms with Crippen molar-refractivity contribution in [3.05, 3.63) is 36.5 Å². The fraction of sp³-hybridized carbons (Fsp3) is 0.804. The quantitative estimate of drug-likeness (QED) is 0.202. The number of hydrogen-bond acceptors (Lipinski definition) is 11. The van der Waals surface area contributed by atoms with Gasteiger partial charge in [0, 0.05) is 48.0 Å². The Morgan fingerprint density at radius 2 is 1.47 bits per heavy atom. The third kappa shape index (κ3) is 12.0. The molecule has 0 saturated carbocycles. The molecule has 3 rings (SSSR count). The normalized spacial score (nSPS) is 46.2. The van der Waals surface area contributed by atoms with Gasteiger partial charge in [-0.25, -0.2) is 4.79 Å². The van der Waals surface area contributed by atoms with Gasteiger partial charge in [0.25, 0.3) is 0 Å². The van der Waals surface area contributed by atoms with Gasteiger partial charge in [-0.1, -0.05) is 99.6 Å². The zero-order chi connectivity index (χ0) is 43.0. The van der Waals surface area contributed by atoms with Crippen LogP contribution in [0.25, 0.3) is 0 Å². The number of carbonyl (C=O) groups is 3. The molecule has 3 aliphatic rings. The van der Waals surface area contributed by atoms with E-state index in [0.29, 0.717) is 32.1 Å². The van der Waals surface area contributed by atoms with E-state index in [9.17, 15) is 39.9 Å². The van der Waals surface area contributed by atoms with Crippen LogP contribution < -0.4 is 0 Å². The first-order valence-electron chi connectivity index (χ1n) is 21.7. The lowest BCUT2D eigenvalue weighted by atomic mass is 9.74. The first-order valence-corrected chi connectivity index (χ1v) is 21.7. The summed E-state index contributed by atoms with van der Waals surface area (Å²) in [6.45, 7) is 19.4. The van der Waals surface area contributed by atoms with E-state index in [-0.39, 0.29) is 35.9 Å². The molecule has 3 aliphatic heterocycles. The van der Waals surface area contributed by atoms with E-state index in [4.69, 9.17) is 14.2 Å². The number of esters is 1. The van der Waals surface area contributed by atoms with Gasteiger partial charge in [-0.05, 0) is 69.6 Å². The Morgan fingerprint density at radius 3 is 2.11 bits per heavy atom. The maximum Gasteiger partial charge on any atom is 0.330 e. The SMILES string of the molecule is CCC(O)CC1OC2(CCC1C)OC1CC[C@@H](CC)/C=C\C=C/C[C@@H](C)[C@H](O)[C@@](C)(O)C(=O)[C@@H](C)[C@H](O)[C@@H](C)C(=O)[C@@H](C)[C@H](O)[C@@H](C)/C=C/C(=O)O[C@@H](C2C)[C@@H]1C. The molecule has 5 N–H and O–H groups in total. The van der Waals surface area contributed by atoms with Crippen molar-refractivity contribution in [3.8, 4) is 0 Å². The van der Waals surface area contributed by atoms with Crippen LogP contribution in [0, 0.1) is 53.3 Å². The highest BCUT2D eigenvalue weighted by Crippen LogP contribution is 2.49. The summed E-state index contributed by atoms with van der Waals surface area (Å²) in [5.41, 5.74) is -2.18. The summed E-state index contributed by atoms with van der Waals surface area (Å²) in [6, 6.07) is 0. The van der Waals surface area contributed by atoms with Gasteiger partial charge in [0.15, 0.2) is 11.6 Å². The number of aliphatic hydroxyl groups excluding tert-OH is 4. The van der Waals surface area contributed by atoms with E-state index in [0.717, 1.165) is 19.3 Å². The van der Waals surface area contributed by atoms with Gasteiger partial charge in [-0.3, -0.25) is 9.59 Å². The zero-order valence-electron chi connectivity index (χ0n) is 36.5. The third-order valence-electron chi connectivity index (χ3n) is 13.8. The molecule has 57 heavy (non-hydrogen) atoms. The molecule has 0 radical (unpaired) electrons. The van der Waals surface area contributed by atoms with Crippen molar-refractivity contribution in [2.75, 3.05) is 0 Å². The van der Waals surface area contributed by atoms with Crippen molar-refractivity contribution < 1.29 is 54.1 Å². The Balaban J connectivity index is 1.99. The second kappa shape index (κ2) is 21.3. The highest BCUT2D eigenvalue weighted by molar-refractivity contribution is 5.91. The molecule has 0 aromatic rings. The van der Waals surface area contributed by atoms with Crippen molar-refractivity contribution in [2.24, 2.45) is 53.3 Å². The van der Waals surface area contributed by atoms with Crippen LogP contribution >= 0.6 is 0 Å². The van der Waals surface area contributed by atoms with Crippen molar-refractivity contribution in [2.45, 2.75) is 182 Å². The summed E-state index contributed by atoms with van der Waals surface area (Å²) in [5.74, 6) is -7.28. The molecule has 18 atom stereocenters. The summed E-state index contributed by atoms with van der Waals surface area (Å²) in [5, 5.41) is 55.4. The number of rotatable bonds is 4. The maximum atomic E-state index is 13.6. The molecule has 2 fully saturated rings. The molecule has 0 aromatic heterocycles. The standard InChI is InChI=1S/C46H76O11/c1-12-34-18-16-14-15-17-28(5)43(52)45(11,54)44(53)32(9)41(51)31(8)40(50)30(7)39(49)27(4)19-22-38(48)55-42-29(6)36(21-20-34)56-46(33(42)10)24-23-26(3)37(57-46)25-35(47)13-2/h14-16,18-19,22,26-37,39,41-43,47,49,51-52,54H,12-13,17,20-21,23-25H2,1-11H3/b15-14-,18-16-,22-19+/t26?,27-,28+,29+,30-,31-,32-,33?,34-,35?,36?,37?,39+,41+,42+,43-,45+,46?/m0/s1. The zero-order valence-corrected chi connectivity index (χ0v) is 36.5. The van der Waals surface area contributed by atoms with Gasteiger partial charge in [-0.2, -0.15) is 0 Å². The number of hydrogen-bond donors (Lipinski definition) is 5. The first kappa shape index (κ1) is 49.1. The van der Waals surface area contributed by atoms with Crippen molar-refractivity contribution in [1.29, 1.82) is 0 Å². The number of ether oxygens (including phenoxy) is 3. The van der Waals surface area contributed by atoms with Crippen LogP contribution in [0.4, 0.5) is 0 Å². The minimum absolute atomic E-state index is 0.168. The third-order valence-corrected chi connectivity index (χ3v) is 13.8. The predicted molar refractivity (Wildman–Crippen MR) is 220 cm³/mol. The lowest BCUT2D eigenvalue weighted by Crippen LogP contribution is -2.62. The minimum atomic E-state index is -2.18. The fourth-order valence-electron chi connectivity index (χ4n) is 9.11. The van der Waals surface area contributed by atoms with E-state index >= 15 is 0 Å². The summed E-state index contributed by atoms with van der Waals surface area (Å²) >= 11 is 0. The second-order valence-corrected chi connectivity index (χ2v) is 18.2. The van der Waals surface area contributed by atoms with E-state index in [1.54, 1.807) is 13.8 Å². The molecule has 3 heterocycles. The molecular formula is C46H76O11. The predicted octanol–water partition coefficient (Wildman–Crippen LogP) is 6.27. The highest BCUT2D eigenvalue weighted by atomic mass is 16.7. The summed E-state index contributed by atoms with van der Waals surface area (Å²) < 4.78 is 20.1. The number of aliphatic hydroxyl groups is 5. The molecule has 11 heteroatoms. The molecule has 6 unspecified atom stereocenters. The summed E-state index contributed by atoms with van der Waals surface area (Å²) in [4.78, 5) is 40.6. The first-order chi connectivity index (χ1) is 26.6. The van der Waals surface area contributed by atoms with Gasteiger partial charge < -0.3 is 39.7 Å². The van der Waals surface area contributed by atoms with Crippen LogP contribution in [0.2, 0.25) is 0 Å². The molecule has 1 spiro atoms. The number of fused-ring (bicyclic) bond motifs is 2. The van der Waals surface area contributed by atoms with Crippen molar-refractivity contribution >= 4 is 17.5 Å². The topological polar surface area (TPSA) is 180 Å². The van der Waals surface area contributed by atoms with Crippen molar-refractivity contribution in [1.82, 2.24) is 0 Å². The monoisotopic (exact) mass is 805 g/mol. The van der Waals surface area contributed by atoms with Gasteiger partial charge in [-0.15, -0.1) is 0 Å². The number of ketones is 2. The van der Waals surface area contributed by atoms with E-state index in [2.05, 4.69) is 19.9 Å². The Kier molecular flexibility index (Phi) is 18.4. The Hall–Kier alpha value is -2.25. The van der Waals surface area contributed by atoms with Gasteiger partial charge in [0.2, 0.25) is 0 Å². The largest absolute Gasteiger partial charge is 0.458 e. The average molecular weight is 805 g/mol. The van der Waals surface area contributed by atoms with Crippen LogP contribution in [0.15, 0.2) is 36.5 Å². The highest BCUT2D eigenvalue weighted by Gasteiger charge is 2.56. The van der Waals surface area contributed by atoms with Gasteiger partial charge in [0.05, 0.1) is 36.6 Å². The lowest BCUT2D eigenvalue weighted by molar-refractivity contribution is -0.371. The molecule has 2 saturated heterocycles. The Bertz CT molecular complexity index is 1410. The fourth-order valence-corrected chi connectivity index (χ4v) is 9.11. The molecular weight excluding hydrogens is 728 g/mol. The smallest absolute Gasteiger partial charge is 0.330 e. The van der Waals surface area contributed by atoms with E-state index in [1.807, 2.05) is 39.0 Å². The number of allylic oxidation sites excluding steroid dienone is 4.